The fourth-order valence-corrected chi connectivity index (χ4v) is 4.39. The third kappa shape index (κ3) is 4.12. The number of nitrogens with zero attached hydrogens (tertiary/aromatic N) is 1. The van der Waals surface area contributed by atoms with Crippen LogP contribution in [0.1, 0.15) is 44.0 Å². The van der Waals surface area contributed by atoms with Gasteiger partial charge in [0.2, 0.25) is 10.0 Å². The van der Waals surface area contributed by atoms with Gasteiger partial charge >= 0.3 is 0 Å². The smallest absolute Gasteiger partial charge is 0.243 e. The maximum absolute atomic E-state index is 12.8. The number of benzene rings is 1. The summed E-state index contributed by atoms with van der Waals surface area (Å²) in [5.41, 5.74) is 6.25. The zero-order valence-electron chi connectivity index (χ0n) is 13.8. The van der Waals surface area contributed by atoms with Crippen molar-refractivity contribution in [2.45, 2.75) is 44.6 Å². The molecule has 23 heavy (non-hydrogen) atoms. The fraction of sp³-hybridized carbons (Fsp3) is 0.562. The van der Waals surface area contributed by atoms with E-state index in [1.54, 1.807) is 25.1 Å². The molecular weight excluding hydrogens is 336 g/mol. The Morgan fingerprint density at radius 3 is 2.61 bits per heavy atom. The molecule has 1 aromatic carbocycles. The van der Waals surface area contributed by atoms with Crippen molar-refractivity contribution in [2.24, 2.45) is 11.1 Å². The van der Waals surface area contributed by atoms with Crippen LogP contribution in [0.3, 0.4) is 0 Å². The zero-order valence-corrected chi connectivity index (χ0v) is 15.4. The Bertz CT molecular complexity index is 674. The van der Waals surface area contributed by atoms with Crippen molar-refractivity contribution in [2.75, 3.05) is 13.1 Å². The van der Waals surface area contributed by atoms with Crippen LogP contribution in [0.2, 0.25) is 0 Å². The van der Waals surface area contributed by atoms with Crippen LogP contribution in [-0.2, 0) is 10.0 Å². The summed E-state index contributed by atoms with van der Waals surface area (Å²) >= 11 is 0. The van der Waals surface area contributed by atoms with E-state index in [1.165, 1.54) is 10.4 Å². The summed E-state index contributed by atoms with van der Waals surface area (Å²) in [4.78, 5) is 12.0. The van der Waals surface area contributed by atoms with Gasteiger partial charge in [-0.05, 0) is 24.0 Å². The van der Waals surface area contributed by atoms with Crippen molar-refractivity contribution in [3.05, 3.63) is 29.8 Å². The quantitative estimate of drug-likeness (QED) is 0.836. The largest absolute Gasteiger partial charge is 0.327 e. The van der Waals surface area contributed by atoms with Crippen molar-refractivity contribution < 1.29 is 13.2 Å². The van der Waals surface area contributed by atoms with Gasteiger partial charge in [-0.2, -0.15) is 4.31 Å². The molecule has 0 aliphatic carbocycles. The number of carbonyl (C=O) groups excluding carboxylic acids is 1. The lowest BCUT2D eigenvalue weighted by atomic mass is 9.81. The van der Waals surface area contributed by atoms with Gasteiger partial charge in [0.25, 0.3) is 0 Å². The number of sulfonamides is 1. The second kappa shape index (κ2) is 7.30. The summed E-state index contributed by atoms with van der Waals surface area (Å²) < 4.78 is 27.1. The van der Waals surface area contributed by atoms with Gasteiger partial charge in [0, 0.05) is 31.1 Å². The molecule has 2 N–H and O–H groups in total. The maximum atomic E-state index is 12.8. The maximum Gasteiger partial charge on any atom is 0.243 e. The first kappa shape index (κ1) is 20.1. The molecule has 0 radical (unpaired) electrons. The Morgan fingerprint density at radius 1 is 1.39 bits per heavy atom. The molecule has 0 spiro atoms. The number of Topliss-reactive ketones (excluding diaryl/α,β-unsaturated/α-hetero) is 1. The first-order valence-electron chi connectivity index (χ1n) is 7.57. The Balaban J connectivity index is 0.00000264. The van der Waals surface area contributed by atoms with Crippen LogP contribution < -0.4 is 5.73 Å². The van der Waals surface area contributed by atoms with Gasteiger partial charge in [-0.25, -0.2) is 8.42 Å². The van der Waals surface area contributed by atoms with E-state index in [4.69, 9.17) is 5.73 Å². The molecule has 1 saturated heterocycles. The minimum Gasteiger partial charge on any atom is -0.327 e. The number of hydrogen-bond donors (Lipinski definition) is 1. The topological polar surface area (TPSA) is 80.5 Å². The summed E-state index contributed by atoms with van der Waals surface area (Å²) in [6.45, 7) is 6.53. The first-order valence-corrected chi connectivity index (χ1v) is 9.01. The van der Waals surface area contributed by atoms with Crippen LogP contribution in [0, 0.1) is 5.41 Å². The van der Waals surface area contributed by atoms with Gasteiger partial charge in [-0.15, -0.1) is 12.4 Å². The molecule has 1 heterocycles. The van der Waals surface area contributed by atoms with Crippen LogP contribution in [0.25, 0.3) is 0 Å². The highest BCUT2D eigenvalue weighted by molar-refractivity contribution is 7.89. The van der Waals surface area contributed by atoms with E-state index < -0.39 is 10.0 Å². The molecule has 7 heteroatoms. The molecule has 1 atom stereocenters. The predicted molar refractivity (Wildman–Crippen MR) is 93.4 cm³/mol. The third-order valence-electron chi connectivity index (χ3n) is 4.39. The average molecular weight is 361 g/mol. The Labute approximate surface area is 144 Å². The Hall–Kier alpha value is -0.950. The first-order chi connectivity index (χ1) is 10.2. The molecular formula is C16H25ClN2O3S. The molecule has 1 aliphatic heterocycles. The van der Waals surface area contributed by atoms with E-state index in [0.29, 0.717) is 31.5 Å². The van der Waals surface area contributed by atoms with Crippen LogP contribution in [-0.4, -0.2) is 37.6 Å². The highest BCUT2D eigenvalue weighted by atomic mass is 35.5. The molecule has 130 valence electrons. The number of carbonyl (C=O) groups is 1. The fourth-order valence-electron chi connectivity index (χ4n) is 2.71. The van der Waals surface area contributed by atoms with Crippen LogP contribution in [0.15, 0.2) is 29.2 Å². The summed E-state index contributed by atoms with van der Waals surface area (Å²) in [6.07, 6.45) is 0.995. The van der Waals surface area contributed by atoms with Gasteiger partial charge in [0.15, 0.2) is 5.78 Å². The Morgan fingerprint density at radius 2 is 2.04 bits per heavy atom. The molecule has 1 unspecified atom stereocenters. The van der Waals surface area contributed by atoms with Crippen molar-refractivity contribution in [1.29, 1.82) is 0 Å². The lowest BCUT2D eigenvalue weighted by Gasteiger charge is -2.41. The van der Waals surface area contributed by atoms with E-state index in [0.717, 1.165) is 0 Å². The molecule has 2 rings (SSSR count). The third-order valence-corrected chi connectivity index (χ3v) is 6.23. The van der Waals surface area contributed by atoms with E-state index in [2.05, 4.69) is 0 Å². The summed E-state index contributed by atoms with van der Waals surface area (Å²) in [7, 11) is -3.60. The lowest BCUT2D eigenvalue weighted by molar-refractivity contribution is 0.0988. The number of rotatable bonds is 4. The molecule has 1 aliphatic rings. The standard InChI is InChI=1S/C16H24N2O3S.ClH/c1-4-14(19)12-6-5-7-13(10-12)22(20,21)18-9-8-15(17)16(2,3)11-18;/h5-7,10,15H,4,8-9,11,17H2,1-3H3;1H. The highest BCUT2D eigenvalue weighted by Gasteiger charge is 2.38. The second-order valence-electron chi connectivity index (χ2n) is 6.53. The Kier molecular flexibility index (Phi) is 6.38. The van der Waals surface area contributed by atoms with E-state index in [9.17, 15) is 13.2 Å². The van der Waals surface area contributed by atoms with Crippen LogP contribution in [0.4, 0.5) is 0 Å². The SMILES string of the molecule is CCC(=O)c1cccc(S(=O)(=O)N2CCC(N)C(C)(C)C2)c1.Cl. The monoisotopic (exact) mass is 360 g/mol. The van der Waals surface area contributed by atoms with Gasteiger partial charge in [0.1, 0.15) is 0 Å². The lowest BCUT2D eigenvalue weighted by Crippen LogP contribution is -2.53. The van der Waals surface area contributed by atoms with Gasteiger partial charge in [-0.3, -0.25) is 4.79 Å². The molecule has 0 amide bonds. The number of hydrogen-bond acceptors (Lipinski definition) is 4. The number of piperidine rings is 1. The minimum absolute atomic E-state index is 0. The second-order valence-corrected chi connectivity index (χ2v) is 8.46. The molecule has 0 saturated carbocycles. The summed E-state index contributed by atoms with van der Waals surface area (Å²) in [5, 5.41) is 0. The van der Waals surface area contributed by atoms with Gasteiger partial charge in [0.05, 0.1) is 4.90 Å². The minimum atomic E-state index is -3.60. The van der Waals surface area contributed by atoms with Crippen molar-refractivity contribution in [3.63, 3.8) is 0 Å². The predicted octanol–water partition coefficient (Wildman–Crippen LogP) is 2.45. The van der Waals surface area contributed by atoms with Crippen LogP contribution >= 0.6 is 12.4 Å². The summed E-state index contributed by atoms with van der Waals surface area (Å²) in [6, 6.07) is 6.29. The van der Waals surface area contributed by atoms with Gasteiger partial charge < -0.3 is 5.73 Å². The normalized spacial score (nSPS) is 21.5. The number of ketones is 1. The van der Waals surface area contributed by atoms with Crippen molar-refractivity contribution in [1.82, 2.24) is 4.31 Å². The summed E-state index contributed by atoms with van der Waals surface area (Å²) in [5.74, 6) is -0.0574. The van der Waals surface area contributed by atoms with E-state index >= 15 is 0 Å². The average Bonchev–Trinajstić information content (AvgIpc) is 2.49. The molecule has 1 fully saturated rings. The molecule has 0 aromatic heterocycles. The molecule has 0 bridgehead atoms. The van der Waals surface area contributed by atoms with Crippen LogP contribution in [0.5, 0.6) is 0 Å². The van der Waals surface area contributed by atoms with Gasteiger partial charge in [-0.1, -0.05) is 32.9 Å². The molecule has 5 nitrogen and oxygen atoms in total. The van der Waals surface area contributed by atoms with E-state index in [1.807, 2.05) is 13.8 Å². The van der Waals surface area contributed by atoms with Crippen molar-refractivity contribution >= 4 is 28.2 Å². The van der Waals surface area contributed by atoms with Crippen molar-refractivity contribution in [3.8, 4) is 0 Å². The highest BCUT2D eigenvalue weighted by Crippen LogP contribution is 2.31. The van der Waals surface area contributed by atoms with E-state index in [-0.39, 0.29) is 34.5 Å². The number of nitrogens with two attached hydrogens (primary N) is 1. The number of halogens is 1. The molecule has 1 aromatic rings. The zero-order chi connectivity index (χ0) is 16.5.